The maximum absolute atomic E-state index is 13.8. The highest BCUT2D eigenvalue weighted by Gasteiger charge is 2.32. The van der Waals surface area contributed by atoms with Gasteiger partial charge < -0.3 is 10.2 Å². The summed E-state index contributed by atoms with van der Waals surface area (Å²) in [5.74, 6) is -0.605. The Labute approximate surface area is 226 Å². The van der Waals surface area contributed by atoms with Gasteiger partial charge in [-0.2, -0.15) is 0 Å². The molecule has 202 valence electrons. The van der Waals surface area contributed by atoms with Crippen molar-refractivity contribution in [1.82, 2.24) is 10.2 Å². The summed E-state index contributed by atoms with van der Waals surface area (Å²) in [6.45, 7) is 3.53. The molecule has 0 radical (unpaired) electrons. The summed E-state index contributed by atoms with van der Waals surface area (Å²) in [5, 5.41) is 3.53. The number of halogens is 1. The lowest BCUT2D eigenvalue weighted by molar-refractivity contribution is -0.140. The van der Waals surface area contributed by atoms with Crippen LogP contribution in [0.5, 0.6) is 0 Å². The molecule has 0 unspecified atom stereocenters. The SMILES string of the molecule is CC[C@@H](C(=O)NC1CCCCC1)N(CCc1ccccc1)C(=O)CN(c1cc(Cl)ccc1C)S(C)(=O)=O. The van der Waals surface area contributed by atoms with Crippen molar-refractivity contribution < 1.29 is 18.0 Å². The molecule has 0 saturated heterocycles. The highest BCUT2D eigenvalue weighted by atomic mass is 35.5. The number of anilines is 1. The van der Waals surface area contributed by atoms with E-state index in [9.17, 15) is 18.0 Å². The largest absolute Gasteiger partial charge is 0.352 e. The van der Waals surface area contributed by atoms with Gasteiger partial charge in [0.25, 0.3) is 0 Å². The Kier molecular flexibility index (Phi) is 10.4. The minimum absolute atomic E-state index is 0.114. The molecular formula is C28H38ClN3O4S. The smallest absolute Gasteiger partial charge is 0.244 e. The number of sulfonamides is 1. The summed E-state index contributed by atoms with van der Waals surface area (Å²) in [6, 6.07) is 14.1. The van der Waals surface area contributed by atoms with Crippen LogP contribution >= 0.6 is 11.6 Å². The van der Waals surface area contributed by atoms with Crippen molar-refractivity contribution in [3.05, 3.63) is 64.7 Å². The molecule has 1 fully saturated rings. The minimum Gasteiger partial charge on any atom is -0.352 e. The molecule has 0 aromatic heterocycles. The van der Waals surface area contributed by atoms with Gasteiger partial charge in [0.15, 0.2) is 0 Å². The van der Waals surface area contributed by atoms with Crippen LogP contribution in [0.25, 0.3) is 0 Å². The second-order valence-electron chi connectivity index (χ2n) is 9.79. The molecule has 3 rings (SSSR count). The van der Waals surface area contributed by atoms with Crippen LogP contribution in [-0.2, 0) is 26.0 Å². The van der Waals surface area contributed by atoms with E-state index in [1.165, 1.54) is 6.42 Å². The maximum atomic E-state index is 13.8. The second-order valence-corrected chi connectivity index (χ2v) is 12.1. The van der Waals surface area contributed by atoms with Gasteiger partial charge in [0.2, 0.25) is 21.8 Å². The Hall–Kier alpha value is -2.58. The Morgan fingerprint density at radius 2 is 1.76 bits per heavy atom. The zero-order valence-electron chi connectivity index (χ0n) is 22.0. The number of hydrogen-bond acceptors (Lipinski definition) is 4. The van der Waals surface area contributed by atoms with E-state index in [0.29, 0.717) is 35.7 Å². The summed E-state index contributed by atoms with van der Waals surface area (Å²) in [7, 11) is -3.80. The van der Waals surface area contributed by atoms with Crippen LogP contribution in [0.1, 0.15) is 56.6 Å². The van der Waals surface area contributed by atoms with Crippen LogP contribution in [0.2, 0.25) is 5.02 Å². The van der Waals surface area contributed by atoms with Crippen LogP contribution in [0, 0.1) is 6.92 Å². The minimum atomic E-state index is -3.80. The molecule has 1 saturated carbocycles. The third kappa shape index (κ3) is 8.20. The summed E-state index contributed by atoms with van der Waals surface area (Å²) in [5.41, 5.74) is 2.07. The van der Waals surface area contributed by atoms with Crippen LogP contribution in [0.3, 0.4) is 0 Å². The van der Waals surface area contributed by atoms with E-state index in [-0.39, 0.29) is 11.9 Å². The van der Waals surface area contributed by atoms with Crippen molar-refractivity contribution in [3.63, 3.8) is 0 Å². The number of carbonyl (C=O) groups is 2. The molecule has 1 aliphatic rings. The lowest BCUT2D eigenvalue weighted by atomic mass is 9.95. The topological polar surface area (TPSA) is 86.8 Å². The molecule has 1 N–H and O–H groups in total. The fraction of sp³-hybridized carbons (Fsp3) is 0.500. The average Bonchev–Trinajstić information content (AvgIpc) is 2.87. The molecule has 1 atom stereocenters. The number of benzene rings is 2. The first kappa shape index (κ1) is 29.0. The Morgan fingerprint density at radius 3 is 2.38 bits per heavy atom. The van der Waals surface area contributed by atoms with E-state index in [4.69, 9.17) is 11.6 Å². The molecular weight excluding hydrogens is 510 g/mol. The van der Waals surface area contributed by atoms with Crippen LogP contribution < -0.4 is 9.62 Å². The van der Waals surface area contributed by atoms with Gasteiger partial charge in [0.05, 0.1) is 11.9 Å². The number of amides is 2. The van der Waals surface area contributed by atoms with Crippen molar-refractivity contribution in [2.24, 2.45) is 0 Å². The zero-order valence-corrected chi connectivity index (χ0v) is 23.5. The van der Waals surface area contributed by atoms with E-state index >= 15 is 0 Å². The molecule has 0 bridgehead atoms. The van der Waals surface area contributed by atoms with Crippen molar-refractivity contribution in [2.45, 2.75) is 70.9 Å². The molecule has 2 aromatic rings. The van der Waals surface area contributed by atoms with Crippen LogP contribution in [0.15, 0.2) is 48.5 Å². The van der Waals surface area contributed by atoms with Crippen LogP contribution in [0.4, 0.5) is 5.69 Å². The van der Waals surface area contributed by atoms with Crippen molar-refractivity contribution in [2.75, 3.05) is 23.7 Å². The molecule has 0 heterocycles. The van der Waals surface area contributed by atoms with E-state index in [0.717, 1.165) is 41.8 Å². The summed E-state index contributed by atoms with van der Waals surface area (Å²) < 4.78 is 26.7. The fourth-order valence-electron chi connectivity index (χ4n) is 4.89. The van der Waals surface area contributed by atoms with E-state index in [1.54, 1.807) is 30.0 Å². The molecule has 0 spiro atoms. The van der Waals surface area contributed by atoms with Gasteiger partial charge in [-0.25, -0.2) is 8.42 Å². The van der Waals surface area contributed by atoms with Gasteiger partial charge >= 0.3 is 0 Å². The van der Waals surface area contributed by atoms with Gasteiger partial charge in [-0.05, 0) is 55.9 Å². The summed E-state index contributed by atoms with van der Waals surface area (Å²) in [4.78, 5) is 28.7. The standard InChI is InChI=1S/C28H38ClN3O4S/c1-4-25(28(34)30-24-13-9-6-10-14-24)31(18-17-22-11-7-5-8-12-22)27(33)20-32(37(3,35)36)26-19-23(29)16-15-21(26)2/h5,7-8,11-12,15-16,19,24-25H,4,6,9-10,13-14,17-18,20H2,1-3H3,(H,30,34)/t25-/m0/s1. The zero-order chi connectivity index (χ0) is 27.0. The Balaban J connectivity index is 1.88. The number of nitrogens with zero attached hydrogens (tertiary/aromatic N) is 2. The number of nitrogens with one attached hydrogen (secondary N) is 1. The third-order valence-corrected chi connectivity index (χ3v) is 8.30. The predicted molar refractivity (Wildman–Crippen MR) is 149 cm³/mol. The number of rotatable bonds is 11. The third-order valence-electron chi connectivity index (χ3n) is 6.94. The number of carbonyl (C=O) groups excluding carboxylic acids is 2. The van der Waals surface area contributed by atoms with Crippen molar-refractivity contribution >= 4 is 39.1 Å². The second kappa shape index (κ2) is 13.3. The first-order valence-corrected chi connectivity index (χ1v) is 15.2. The first-order valence-electron chi connectivity index (χ1n) is 13.0. The molecule has 1 aliphatic carbocycles. The maximum Gasteiger partial charge on any atom is 0.244 e. The molecule has 2 amide bonds. The highest BCUT2D eigenvalue weighted by Crippen LogP contribution is 2.27. The molecule has 9 heteroatoms. The van der Waals surface area contributed by atoms with Crippen LogP contribution in [-0.4, -0.2) is 56.6 Å². The first-order chi connectivity index (χ1) is 17.6. The average molecular weight is 548 g/mol. The number of hydrogen-bond donors (Lipinski definition) is 1. The van der Waals surface area contributed by atoms with E-state index < -0.39 is 28.5 Å². The highest BCUT2D eigenvalue weighted by molar-refractivity contribution is 7.92. The van der Waals surface area contributed by atoms with E-state index in [1.807, 2.05) is 37.3 Å². The Bertz CT molecular complexity index is 1170. The monoisotopic (exact) mass is 547 g/mol. The van der Waals surface area contributed by atoms with E-state index in [2.05, 4.69) is 5.32 Å². The van der Waals surface area contributed by atoms with Gasteiger partial charge in [-0.1, -0.05) is 74.2 Å². The predicted octanol–water partition coefficient (Wildman–Crippen LogP) is 4.71. The fourth-order valence-corrected chi connectivity index (χ4v) is 5.95. The Morgan fingerprint density at radius 1 is 1.08 bits per heavy atom. The van der Waals surface area contributed by atoms with Crippen molar-refractivity contribution in [1.29, 1.82) is 0 Å². The normalized spacial score (nSPS) is 15.1. The van der Waals surface area contributed by atoms with Gasteiger partial charge in [0, 0.05) is 17.6 Å². The lowest BCUT2D eigenvalue weighted by Gasteiger charge is -2.34. The van der Waals surface area contributed by atoms with Crippen molar-refractivity contribution in [3.8, 4) is 0 Å². The molecule has 2 aromatic carbocycles. The van der Waals surface area contributed by atoms with Gasteiger partial charge in [0.1, 0.15) is 12.6 Å². The molecule has 37 heavy (non-hydrogen) atoms. The summed E-state index contributed by atoms with van der Waals surface area (Å²) in [6.07, 6.45) is 7.27. The lowest BCUT2D eigenvalue weighted by Crippen LogP contribution is -2.54. The molecule has 7 nitrogen and oxygen atoms in total. The van der Waals surface area contributed by atoms with Gasteiger partial charge in [-0.3, -0.25) is 13.9 Å². The number of aryl methyl sites for hydroxylation is 1. The van der Waals surface area contributed by atoms with Gasteiger partial charge in [-0.15, -0.1) is 0 Å². The summed E-state index contributed by atoms with van der Waals surface area (Å²) >= 11 is 6.16. The molecule has 0 aliphatic heterocycles. The quantitative estimate of drug-likeness (QED) is 0.441.